The molecule has 0 fully saturated rings. The van der Waals surface area contributed by atoms with Gasteiger partial charge >= 0.3 is 5.97 Å². The molecular formula is C19H27Br2NO5. The maximum Gasteiger partial charge on any atom is 0.337 e. The summed E-state index contributed by atoms with van der Waals surface area (Å²) in [6, 6.07) is 4.49. The van der Waals surface area contributed by atoms with Crippen LogP contribution >= 0.6 is 31.9 Å². The second kappa shape index (κ2) is 16.7. The molecule has 0 heterocycles. The quantitative estimate of drug-likeness (QED) is 0.451. The Morgan fingerprint density at radius 1 is 1.19 bits per heavy atom. The number of carboxylic acids is 1. The average Bonchev–Trinajstić information content (AvgIpc) is 2.67. The Hall–Kier alpha value is -1.48. The number of amides is 1. The van der Waals surface area contributed by atoms with Crippen LogP contribution in [0.4, 0.5) is 5.69 Å². The Morgan fingerprint density at radius 2 is 1.78 bits per heavy atom. The van der Waals surface area contributed by atoms with Crippen molar-refractivity contribution in [3.63, 3.8) is 0 Å². The van der Waals surface area contributed by atoms with Gasteiger partial charge in [0, 0.05) is 17.7 Å². The van der Waals surface area contributed by atoms with Gasteiger partial charge in [-0.05, 0) is 35.3 Å². The van der Waals surface area contributed by atoms with E-state index < -0.39 is 24.1 Å². The van der Waals surface area contributed by atoms with E-state index in [9.17, 15) is 14.7 Å². The summed E-state index contributed by atoms with van der Waals surface area (Å²) >= 11 is 6.22. The molecule has 0 saturated carbocycles. The average molecular weight is 509 g/mol. The lowest BCUT2D eigenvalue weighted by molar-refractivity contribution is -0.112. The highest BCUT2D eigenvalue weighted by molar-refractivity contribution is 9.11. The molecule has 0 radical (unpaired) electrons. The van der Waals surface area contributed by atoms with Crippen molar-refractivity contribution in [1.82, 2.24) is 0 Å². The van der Waals surface area contributed by atoms with E-state index in [1.165, 1.54) is 42.5 Å². The van der Waals surface area contributed by atoms with Crippen molar-refractivity contribution in [2.45, 2.75) is 39.9 Å². The summed E-state index contributed by atoms with van der Waals surface area (Å²) in [5.74, 6) is -1.69. The smallest absolute Gasteiger partial charge is 0.337 e. The molecule has 27 heavy (non-hydrogen) atoms. The molecule has 6 nitrogen and oxygen atoms in total. The van der Waals surface area contributed by atoms with Gasteiger partial charge in [-0.1, -0.05) is 59.6 Å². The number of halogens is 2. The highest BCUT2D eigenvalue weighted by Gasteiger charge is 2.14. The predicted octanol–water partition coefficient (Wildman–Crippen LogP) is 4.98. The summed E-state index contributed by atoms with van der Waals surface area (Å²) < 4.78 is 5.64. The molecule has 0 saturated heterocycles. The molecule has 0 aromatic heterocycles. The summed E-state index contributed by atoms with van der Waals surface area (Å²) in [5.41, 5.74) is 0.136. The van der Waals surface area contributed by atoms with Gasteiger partial charge in [-0.25, -0.2) is 4.79 Å². The van der Waals surface area contributed by atoms with Gasteiger partial charge in [-0.15, -0.1) is 0 Å². The first-order valence-corrected chi connectivity index (χ1v) is 10.1. The Morgan fingerprint density at radius 3 is 2.26 bits per heavy atom. The number of aliphatic hydroxyl groups is 1. The molecule has 2 atom stereocenters. The monoisotopic (exact) mass is 507 g/mol. The third kappa shape index (κ3) is 11.1. The zero-order valence-corrected chi connectivity index (χ0v) is 19.2. The fraction of sp³-hybridized carbons (Fsp3) is 0.368. The number of aliphatic hydroxyl groups excluding tert-OH is 1. The van der Waals surface area contributed by atoms with Crippen molar-refractivity contribution < 1.29 is 24.5 Å². The van der Waals surface area contributed by atoms with Crippen LogP contribution in [0.1, 0.15) is 38.1 Å². The lowest BCUT2D eigenvalue weighted by Gasteiger charge is -2.14. The molecule has 3 N–H and O–H groups in total. The van der Waals surface area contributed by atoms with Gasteiger partial charge in [0.25, 0.3) is 0 Å². The normalized spacial score (nSPS) is 12.4. The second-order valence-electron chi connectivity index (χ2n) is 4.35. The minimum Gasteiger partial charge on any atom is -0.478 e. The molecule has 2 unspecified atom stereocenters. The number of anilines is 1. The van der Waals surface area contributed by atoms with Crippen LogP contribution < -0.4 is 5.32 Å². The third-order valence-electron chi connectivity index (χ3n) is 2.79. The number of nitrogens with one attached hydrogen (secondary N) is 1. The number of carbonyl (C=O) groups excluding carboxylic acids is 1. The van der Waals surface area contributed by atoms with Gasteiger partial charge < -0.3 is 20.3 Å². The molecule has 1 rings (SSSR count). The van der Waals surface area contributed by atoms with E-state index in [0.717, 1.165) is 0 Å². The van der Waals surface area contributed by atoms with E-state index in [4.69, 9.17) is 9.84 Å². The first-order chi connectivity index (χ1) is 12.9. The number of carboxylic acid groups (broad SMARTS) is 1. The van der Waals surface area contributed by atoms with Gasteiger partial charge in [0.05, 0.1) is 11.3 Å². The molecule has 0 bridgehead atoms. The number of ether oxygens (including phenoxy) is 1. The van der Waals surface area contributed by atoms with Crippen LogP contribution in [-0.4, -0.2) is 41.4 Å². The van der Waals surface area contributed by atoms with Crippen molar-refractivity contribution >= 4 is 49.4 Å². The fourth-order valence-corrected chi connectivity index (χ4v) is 2.35. The van der Waals surface area contributed by atoms with E-state index in [2.05, 4.69) is 37.2 Å². The zero-order valence-electron chi connectivity index (χ0n) is 16.1. The van der Waals surface area contributed by atoms with Gasteiger partial charge in [0.1, 0.15) is 12.2 Å². The Kier molecular flexibility index (Phi) is 17.1. The van der Waals surface area contributed by atoms with Crippen molar-refractivity contribution in [2.24, 2.45) is 0 Å². The highest BCUT2D eigenvalue weighted by atomic mass is 79.9. The molecular weight excluding hydrogens is 482 g/mol. The maximum atomic E-state index is 11.9. The molecule has 152 valence electrons. The van der Waals surface area contributed by atoms with E-state index in [1.54, 1.807) is 6.07 Å². The van der Waals surface area contributed by atoms with Crippen LogP contribution in [0, 0.1) is 0 Å². The first-order valence-electron chi connectivity index (χ1n) is 8.38. The molecule has 0 aliphatic heterocycles. The lowest BCUT2D eigenvalue weighted by atomic mass is 10.1. The predicted molar refractivity (Wildman–Crippen MR) is 116 cm³/mol. The number of rotatable bonds is 7. The number of carbonyl (C=O) groups is 2. The second-order valence-corrected chi connectivity index (χ2v) is 5.80. The summed E-state index contributed by atoms with van der Waals surface area (Å²) in [6.45, 7) is 8.00. The van der Waals surface area contributed by atoms with Crippen LogP contribution in [0.3, 0.4) is 0 Å². The van der Waals surface area contributed by atoms with Crippen LogP contribution in [-0.2, 0) is 9.53 Å². The van der Waals surface area contributed by atoms with Gasteiger partial charge in [-0.3, -0.25) is 4.79 Å². The third-order valence-corrected chi connectivity index (χ3v) is 3.58. The van der Waals surface area contributed by atoms with Crippen LogP contribution in [0.15, 0.2) is 45.9 Å². The molecule has 1 aromatic rings. The zero-order chi connectivity index (χ0) is 21.4. The number of hydrogen-bond donors (Lipinski definition) is 3. The van der Waals surface area contributed by atoms with Crippen LogP contribution in [0.5, 0.6) is 0 Å². The van der Waals surface area contributed by atoms with Gasteiger partial charge in [0.15, 0.2) is 0 Å². The van der Waals surface area contributed by atoms with Gasteiger partial charge in [0.2, 0.25) is 5.91 Å². The molecule has 0 aliphatic carbocycles. The number of hydrogen-bond acceptors (Lipinski definition) is 4. The van der Waals surface area contributed by atoms with Crippen LogP contribution in [0.25, 0.3) is 0 Å². The first kappa shape index (κ1) is 27.7. The molecule has 8 heteroatoms. The lowest BCUT2D eigenvalue weighted by Crippen LogP contribution is -2.24. The van der Waals surface area contributed by atoms with E-state index in [0.29, 0.717) is 4.47 Å². The summed E-state index contributed by atoms with van der Waals surface area (Å²) in [7, 11) is 1.40. The van der Waals surface area contributed by atoms with Crippen molar-refractivity contribution in [2.75, 3.05) is 12.4 Å². The van der Waals surface area contributed by atoms with Crippen molar-refractivity contribution in [3.05, 3.63) is 51.4 Å². The standard InChI is InChI=1S/C15H15Br2NO5.2C2H6/c1-23-13(12(19)6-7-16)4-5-14(20)18-11-3-2-9(17)8-10(11)15(21)22;2*1-2/h2-8,12-13,19H,1H3,(H,18,20)(H,21,22);2*1-2H3/b5-4+,7-6+;;. The molecule has 0 spiro atoms. The number of benzene rings is 1. The van der Waals surface area contributed by atoms with Crippen LogP contribution in [0.2, 0.25) is 0 Å². The SMILES string of the molecule is CC.CC.COC(/C=C/C(=O)Nc1ccc(Br)cc1C(=O)O)C(O)/C=C/Br. The largest absolute Gasteiger partial charge is 0.478 e. The van der Waals surface area contributed by atoms with Crippen molar-refractivity contribution in [1.29, 1.82) is 0 Å². The Labute approximate surface area is 177 Å². The number of methoxy groups -OCH3 is 1. The summed E-state index contributed by atoms with van der Waals surface area (Å²) in [4.78, 5) is 24.6. The number of aromatic carboxylic acids is 1. The molecule has 1 aromatic carbocycles. The molecule has 0 aliphatic rings. The minimum atomic E-state index is -1.15. The maximum absolute atomic E-state index is 11.9. The fourth-order valence-electron chi connectivity index (χ4n) is 1.67. The Bertz CT molecular complexity index is 633. The van der Waals surface area contributed by atoms with E-state index in [1.807, 2.05) is 27.7 Å². The molecule has 1 amide bonds. The topological polar surface area (TPSA) is 95.9 Å². The highest BCUT2D eigenvalue weighted by Crippen LogP contribution is 2.21. The summed E-state index contributed by atoms with van der Waals surface area (Å²) in [5, 5.41) is 21.4. The van der Waals surface area contributed by atoms with E-state index in [-0.39, 0.29) is 11.3 Å². The van der Waals surface area contributed by atoms with E-state index >= 15 is 0 Å². The van der Waals surface area contributed by atoms with Crippen molar-refractivity contribution in [3.8, 4) is 0 Å². The summed E-state index contributed by atoms with van der Waals surface area (Å²) in [6.07, 6.45) is 2.37. The minimum absolute atomic E-state index is 0.0355. The Balaban J connectivity index is 0. The van der Waals surface area contributed by atoms with Gasteiger partial charge in [-0.2, -0.15) is 0 Å².